The number of benzene rings is 9. The van der Waals surface area contributed by atoms with E-state index in [1.807, 2.05) is 0 Å². The highest BCUT2D eigenvalue weighted by atomic mass is 28.3. The highest BCUT2D eigenvalue weighted by molar-refractivity contribution is 7.21. The van der Waals surface area contributed by atoms with Crippen LogP contribution in [-0.4, -0.2) is 27.2 Å². The van der Waals surface area contributed by atoms with Crippen LogP contribution in [0.3, 0.4) is 0 Å². The molecule has 3 aromatic heterocycles. The molecule has 0 aliphatic carbocycles. The van der Waals surface area contributed by atoms with Gasteiger partial charge < -0.3 is 9.13 Å². The minimum Gasteiger partial charge on any atom is -0.309 e. The van der Waals surface area contributed by atoms with Crippen molar-refractivity contribution in [3.8, 4) is 45.1 Å². The maximum absolute atomic E-state index is 5.92. The van der Waals surface area contributed by atoms with Crippen molar-refractivity contribution in [1.82, 2.24) is 19.1 Å². The van der Waals surface area contributed by atoms with Gasteiger partial charge in [-0.15, -0.1) is 0 Å². The van der Waals surface area contributed by atoms with Crippen LogP contribution in [0.5, 0.6) is 0 Å². The largest absolute Gasteiger partial charge is 0.309 e. The van der Waals surface area contributed by atoms with Gasteiger partial charge in [0.25, 0.3) is 0 Å². The molecular formula is C58H38N4Si. The Morgan fingerprint density at radius 2 is 0.857 bits per heavy atom. The Kier molecular flexibility index (Phi) is 7.89. The maximum atomic E-state index is 5.92. The average Bonchev–Trinajstić information content (AvgIpc) is 3.98. The second kappa shape index (κ2) is 14.0. The van der Waals surface area contributed by atoms with Crippen molar-refractivity contribution in [2.75, 3.05) is 0 Å². The first-order valence-electron chi connectivity index (χ1n) is 21.6. The lowest BCUT2D eigenvalue weighted by Gasteiger charge is -2.30. The van der Waals surface area contributed by atoms with Crippen LogP contribution in [0.25, 0.3) is 88.8 Å². The zero-order valence-corrected chi connectivity index (χ0v) is 35.2. The average molecular weight is 819 g/mol. The Morgan fingerprint density at radius 3 is 1.51 bits per heavy atom. The van der Waals surface area contributed by atoms with E-state index in [0.29, 0.717) is 5.82 Å². The molecular weight excluding hydrogens is 781 g/mol. The van der Waals surface area contributed by atoms with Gasteiger partial charge in [-0.2, -0.15) is 0 Å². The molecule has 0 unspecified atom stereocenters. The van der Waals surface area contributed by atoms with E-state index in [1.54, 1.807) is 0 Å². The molecule has 13 rings (SSSR count). The molecule has 1 aliphatic heterocycles. The number of rotatable bonds is 6. The number of nitrogens with zero attached hydrogens (tertiary/aromatic N) is 4. The van der Waals surface area contributed by atoms with Crippen LogP contribution in [0, 0.1) is 0 Å². The monoisotopic (exact) mass is 818 g/mol. The second-order valence-electron chi connectivity index (χ2n) is 16.5. The van der Waals surface area contributed by atoms with Crippen LogP contribution in [0.2, 0.25) is 0 Å². The molecule has 0 radical (unpaired) electrons. The van der Waals surface area contributed by atoms with Crippen molar-refractivity contribution in [2.45, 2.75) is 0 Å². The summed E-state index contributed by atoms with van der Waals surface area (Å²) >= 11 is 0. The summed E-state index contributed by atoms with van der Waals surface area (Å²) in [6.45, 7) is 0. The maximum Gasteiger partial charge on any atom is 0.203 e. The van der Waals surface area contributed by atoms with Gasteiger partial charge in [-0.25, -0.2) is 9.97 Å². The van der Waals surface area contributed by atoms with Crippen molar-refractivity contribution in [2.24, 2.45) is 0 Å². The van der Waals surface area contributed by atoms with Crippen molar-refractivity contribution < 1.29 is 0 Å². The summed E-state index contributed by atoms with van der Waals surface area (Å²) < 4.78 is 4.85. The molecule has 0 fully saturated rings. The zero-order chi connectivity index (χ0) is 41.5. The molecule has 0 atom stereocenters. The summed E-state index contributed by atoms with van der Waals surface area (Å²) in [7, 11) is -2.97. The molecule has 0 saturated heterocycles. The summed E-state index contributed by atoms with van der Waals surface area (Å²) in [5.41, 5.74) is 12.2. The van der Waals surface area contributed by atoms with E-state index < -0.39 is 8.07 Å². The third-order valence-corrected chi connectivity index (χ3v) is 17.9. The van der Waals surface area contributed by atoms with Crippen LogP contribution in [0.4, 0.5) is 0 Å². The first-order valence-corrected chi connectivity index (χ1v) is 23.6. The van der Waals surface area contributed by atoms with E-state index in [4.69, 9.17) is 9.97 Å². The van der Waals surface area contributed by atoms with Gasteiger partial charge in [-0.1, -0.05) is 182 Å². The molecule has 9 aromatic carbocycles. The van der Waals surface area contributed by atoms with Gasteiger partial charge in [0.05, 0.1) is 38.8 Å². The Labute approximate surface area is 365 Å². The number of aromatic nitrogens is 4. The Bertz CT molecular complexity index is 3690. The number of fused-ring (bicyclic) bond motifs is 9. The zero-order valence-electron chi connectivity index (χ0n) is 34.2. The van der Waals surface area contributed by atoms with Crippen LogP contribution < -0.4 is 20.9 Å². The fourth-order valence-corrected chi connectivity index (χ4v) is 15.6. The van der Waals surface area contributed by atoms with E-state index in [9.17, 15) is 0 Å². The molecule has 0 N–H and O–H groups in total. The molecule has 12 aromatic rings. The first kappa shape index (κ1) is 35.6. The first-order chi connectivity index (χ1) is 31.3. The van der Waals surface area contributed by atoms with Gasteiger partial charge >= 0.3 is 0 Å². The van der Waals surface area contributed by atoms with E-state index in [-0.39, 0.29) is 0 Å². The minimum absolute atomic E-state index is 0.715. The number of para-hydroxylation sites is 4. The van der Waals surface area contributed by atoms with E-state index >= 15 is 0 Å². The standard InChI is InChI=1S/C58H38N4Si/c1-5-21-39(22-6-1)56-55-46-32-16-20-36-54(46)63(41-25-9-3-10-26-41,42-27-11-4-12-28-42)58(55)60-57(59-56)45-31-15-19-35-51(45)62-50-34-18-14-30-44(50)48-37-52-47(38-53(48)62)43-29-13-17-33-49(43)61(52)40-23-7-2-8-24-40/h1-38H. The lowest BCUT2D eigenvalue weighted by molar-refractivity contribution is 1.15. The fraction of sp³-hybridized carbons (Fsp3) is 0. The Balaban J connectivity index is 1.14. The SMILES string of the molecule is c1ccc(-c2nc(-c3ccccc3-n3c4ccccc4c4cc5c(cc43)c3ccccc3n5-c3ccccc3)nc3c2-c2ccccc2[Si]3(c2ccccc2)c2ccccc2)cc1. The van der Waals surface area contributed by atoms with Gasteiger partial charge in [0.2, 0.25) is 8.07 Å². The Morgan fingerprint density at radius 1 is 0.365 bits per heavy atom. The predicted octanol–water partition coefficient (Wildman–Crippen LogP) is 11.4. The van der Waals surface area contributed by atoms with E-state index in [2.05, 4.69) is 240 Å². The van der Waals surface area contributed by atoms with Crippen LogP contribution in [-0.2, 0) is 0 Å². The highest BCUT2D eigenvalue weighted by Gasteiger charge is 2.51. The summed E-state index contributed by atoms with van der Waals surface area (Å²) in [5.74, 6) is 0.715. The molecule has 0 amide bonds. The third-order valence-electron chi connectivity index (χ3n) is 13.2. The van der Waals surface area contributed by atoms with E-state index in [1.165, 1.54) is 53.7 Å². The quantitative estimate of drug-likeness (QED) is 0.157. The van der Waals surface area contributed by atoms with Crippen LogP contribution >= 0.6 is 0 Å². The van der Waals surface area contributed by atoms with Gasteiger partial charge in [0.15, 0.2) is 5.82 Å². The number of hydrogen-bond acceptors (Lipinski definition) is 2. The Hall–Kier alpha value is -8.12. The van der Waals surface area contributed by atoms with Crippen LogP contribution in [0.1, 0.15) is 0 Å². The summed E-state index contributed by atoms with van der Waals surface area (Å²) in [4.78, 5) is 11.6. The molecule has 1 aliphatic rings. The van der Waals surface area contributed by atoms with Gasteiger partial charge in [0, 0.05) is 43.9 Å². The van der Waals surface area contributed by atoms with Crippen molar-refractivity contribution in [3.05, 3.63) is 231 Å². The molecule has 0 bridgehead atoms. The lowest BCUT2D eigenvalue weighted by Crippen LogP contribution is -2.73. The second-order valence-corrected chi connectivity index (χ2v) is 20.1. The fourth-order valence-electron chi connectivity index (χ4n) is 10.6. The highest BCUT2D eigenvalue weighted by Crippen LogP contribution is 2.42. The molecule has 4 heterocycles. The topological polar surface area (TPSA) is 35.6 Å². The summed E-state index contributed by atoms with van der Waals surface area (Å²) in [5, 5.41) is 9.91. The molecule has 0 saturated carbocycles. The molecule has 4 nitrogen and oxygen atoms in total. The van der Waals surface area contributed by atoms with E-state index in [0.717, 1.165) is 50.1 Å². The van der Waals surface area contributed by atoms with Gasteiger partial charge in [0.1, 0.15) is 0 Å². The molecule has 63 heavy (non-hydrogen) atoms. The molecule has 5 heteroatoms. The van der Waals surface area contributed by atoms with Gasteiger partial charge in [-0.05, 0) is 69.7 Å². The number of hydrogen-bond donors (Lipinski definition) is 0. The lowest BCUT2D eigenvalue weighted by atomic mass is 10.0. The van der Waals surface area contributed by atoms with Crippen molar-refractivity contribution >= 4 is 72.6 Å². The van der Waals surface area contributed by atoms with Crippen molar-refractivity contribution in [1.29, 1.82) is 0 Å². The molecule has 0 spiro atoms. The molecule has 294 valence electrons. The summed E-state index contributed by atoms with van der Waals surface area (Å²) in [6, 6.07) is 83.7. The van der Waals surface area contributed by atoms with Gasteiger partial charge in [-0.3, -0.25) is 0 Å². The third kappa shape index (κ3) is 5.14. The normalized spacial score (nSPS) is 12.9. The predicted molar refractivity (Wildman–Crippen MR) is 264 cm³/mol. The van der Waals surface area contributed by atoms with Crippen LogP contribution in [0.15, 0.2) is 231 Å². The minimum atomic E-state index is -2.97. The smallest absolute Gasteiger partial charge is 0.203 e. The summed E-state index contributed by atoms with van der Waals surface area (Å²) in [6.07, 6.45) is 0. The van der Waals surface area contributed by atoms with Crippen molar-refractivity contribution in [3.63, 3.8) is 0 Å².